The van der Waals surface area contributed by atoms with E-state index in [0.29, 0.717) is 6.04 Å². The summed E-state index contributed by atoms with van der Waals surface area (Å²) in [6.45, 7) is 2.53. The molecule has 63 valence electrons. The summed E-state index contributed by atoms with van der Waals surface area (Å²) in [4.78, 5) is 0. The molecule has 1 aliphatic rings. The zero-order chi connectivity index (χ0) is 8.23. The standard InChI is InChI=1S/C10H12NO/c1-2-4-9(5-3-1)10-8-12-7-6-11-10/h1-4,10-11H,6-8H2/t10-/m1/s1. The lowest BCUT2D eigenvalue weighted by Crippen LogP contribution is -2.34. The lowest BCUT2D eigenvalue weighted by atomic mass is 10.1. The van der Waals surface area contributed by atoms with Crippen molar-refractivity contribution in [1.29, 1.82) is 0 Å². The average molecular weight is 162 g/mol. The van der Waals surface area contributed by atoms with E-state index in [4.69, 9.17) is 4.74 Å². The average Bonchev–Trinajstić information content (AvgIpc) is 2.21. The Morgan fingerprint density at radius 1 is 1.50 bits per heavy atom. The fourth-order valence-corrected chi connectivity index (χ4v) is 1.39. The van der Waals surface area contributed by atoms with Crippen molar-refractivity contribution in [2.24, 2.45) is 0 Å². The highest BCUT2D eigenvalue weighted by Crippen LogP contribution is 2.13. The van der Waals surface area contributed by atoms with E-state index in [1.54, 1.807) is 0 Å². The molecule has 0 spiro atoms. The van der Waals surface area contributed by atoms with Gasteiger partial charge in [0.1, 0.15) is 0 Å². The second-order valence-corrected chi connectivity index (χ2v) is 2.90. The molecule has 1 aliphatic heterocycles. The van der Waals surface area contributed by atoms with Gasteiger partial charge in [0.05, 0.1) is 19.3 Å². The van der Waals surface area contributed by atoms with Crippen molar-refractivity contribution in [3.8, 4) is 0 Å². The predicted octanol–water partition coefficient (Wildman–Crippen LogP) is 1.15. The Morgan fingerprint density at radius 3 is 3.17 bits per heavy atom. The van der Waals surface area contributed by atoms with Crippen LogP contribution in [0.2, 0.25) is 0 Å². The molecule has 1 fully saturated rings. The highest BCUT2D eigenvalue weighted by molar-refractivity contribution is 5.17. The van der Waals surface area contributed by atoms with Crippen molar-refractivity contribution in [2.75, 3.05) is 19.8 Å². The van der Waals surface area contributed by atoms with Gasteiger partial charge >= 0.3 is 0 Å². The van der Waals surface area contributed by atoms with Gasteiger partial charge < -0.3 is 10.1 Å². The third-order valence-corrected chi connectivity index (χ3v) is 2.03. The minimum absolute atomic E-state index is 0.333. The molecule has 1 aromatic carbocycles. The van der Waals surface area contributed by atoms with E-state index in [0.717, 1.165) is 19.8 Å². The van der Waals surface area contributed by atoms with E-state index in [9.17, 15) is 0 Å². The van der Waals surface area contributed by atoms with Crippen LogP contribution in [-0.2, 0) is 4.74 Å². The molecule has 0 bridgehead atoms. The first-order valence-electron chi connectivity index (χ1n) is 4.24. The van der Waals surface area contributed by atoms with Crippen molar-refractivity contribution in [1.82, 2.24) is 5.32 Å². The highest BCUT2D eigenvalue weighted by Gasteiger charge is 2.13. The van der Waals surface area contributed by atoms with Crippen molar-refractivity contribution in [2.45, 2.75) is 6.04 Å². The summed E-state index contributed by atoms with van der Waals surface area (Å²) in [7, 11) is 0. The number of hydrogen-bond donors (Lipinski definition) is 1. The molecule has 12 heavy (non-hydrogen) atoms. The molecule has 1 radical (unpaired) electrons. The Labute approximate surface area is 72.5 Å². The molecule has 2 nitrogen and oxygen atoms in total. The second-order valence-electron chi connectivity index (χ2n) is 2.90. The van der Waals surface area contributed by atoms with Gasteiger partial charge in [-0.1, -0.05) is 24.3 Å². The van der Waals surface area contributed by atoms with Crippen LogP contribution in [0.5, 0.6) is 0 Å². The molecule has 1 N–H and O–H groups in total. The first-order chi connectivity index (χ1) is 5.97. The van der Waals surface area contributed by atoms with Gasteiger partial charge in [0.15, 0.2) is 0 Å². The van der Waals surface area contributed by atoms with E-state index < -0.39 is 0 Å². The normalized spacial score (nSPS) is 23.8. The Hall–Kier alpha value is -0.860. The molecule has 0 aromatic heterocycles. The van der Waals surface area contributed by atoms with Gasteiger partial charge in [-0.2, -0.15) is 0 Å². The fourth-order valence-electron chi connectivity index (χ4n) is 1.39. The van der Waals surface area contributed by atoms with Crippen LogP contribution in [0, 0.1) is 6.07 Å². The third-order valence-electron chi connectivity index (χ3n) is 2.03. The second kappa shape index (κ2) is 3.70. The maximum atomic E-state index is 5.35. The van der Waals surface area contributed by atoms with Gasteiger partial charge in [-0.15, -0.1) is 0 Å². The van der Waals surface area contributed by atoms with Crippen molar-refractivity contribution in [3.05, 3.63) is 35.9 Å². The summed E-state index contributed by atoms with van der Waals surface area (Å²) in [6, 6.07) is 11.5. The van der Waals surface area contributed by atoms with Gasteiger partial charge in [0.2, 0.25) is 0 Å². The maximum absolute atomic E-state index is 5.35. The first-order valence-corrected chi connectivity index (χ1v) is 4.24. The largest absolute Gasteiger partial charge is 0.378 e. The molecule has 1 aromatic rings. The molecule has 0 aliphatic carbocycles. The molecule has 1 heterocycles. The Balaban J connectivity index is 2.08. The topological polar surface area (TPSA) is 21.3 Å². The summed E-state index contributed by atoms with van der Waals surface area (Å²) in [5.74, 6) is 0. The van der Waals surface area contributed by atoms with Crippen molar-refractivity contribution in [3.63, 3.8) is 0 Å². The van der Waals surface area contributed by atoms with Gasteiger partial charge in [-0.3, -0.25) is 0 Å². The zero-order valence-electron chi connectivity index (χ0n) is 6.92. The van der Waals surface area contributed by atoms with Crippen LogP contribution in [0.1, 0.15) is 11.6 Å². The molecule has 2 rings (SSSR count). The third kappa shape index (κ3) is 1.65. The molecule has 2 heteroatoms. The van der Waals surface area contributed by atoms with E-state index in [-0.39, 0.29) is 0 Å². The van der Waals surface area contributed by atoms with E-state index >= 15 is 0 Å². The van der Waals surface area contributed by atoms with E-state index in [2.05, 4.69) is 17.4 Å². The quantitative estimate of drug-likeness (QED) is 0.668. The van der Waals surface area contributed by atoms with E-state index in [1.807, 2.05) is 18.2 Å². The minimum atomic E-state index is 0.333. The summed E-state index contributed by atoms with van der Waals surface area (Å²) in [5.41, 5.74) is 1.19. The SMILES string of the molecule is [c]1ccccc1[C@H]1COCCN1. The van der Waals surface area contributed by atoms with Crippen LogP contribution in [0.25, 0.3) is 0 Å². The molecular formula is C10H12NO. The smallest absolute Gasteiger partial charge is 0.0662 e. The molecular weight excluding hydrogens is 150 g/mol. The van der Waals surface area contributed by atoms with Crippen LogP contribution in [0.3, 0.4) is 0 Å². The number of rotatable bonds is 1. The molecule has 0 unspecified atom stereocenters. The van der Waals surface area contributed by atoms with Crippen LogP contribution >= 0.6 is 0 Å². The van der Waals surface area contributed by atoms with Gasteiger partial charge in [0, 0.05) is 6.54 Å². The summed E-state index contributed by atoms with van der Waals surface area (Å²) >= 11 is 0. The summed E-state index contributed by atoms with van der Waals surface area (Å²) < 4.78 is 5.35. The highest BCUT2D eigenvalue weighted by atomic mass is 16.5. The molecule has 1 atom stereocenters. The van der Waals surface area contributed by atoms with Crippen LogP contribution in [0.15, 0.2) is 24.3 Å². The van der Waals surface area contributed by atoms with Gasteiger partial charge in [0.25, 0.3) is 0 Å². The number of nitrogens with one attached hydrogen (secondary N) is 1. The molecule has 0 saturated carbocycles. The zero-order valence-corrected chi connectivity index (χ0v) is 6.92. The van der Waals surface area contributed by atoms with E-state index in [1.165, 1.54) is 5.56 Å². The predicted molar refractivity (Wildman–Crippen MR) is 46.8 cm³/mol. The first kappa shape index (κ1) is 7.77. The maximum Gasteiger partial charge on any atom is 0.0662 e. The minimum Gasteiger partial charge on any atom is -0.378 e. The monoisotopic (exact) mass is 162 g/mol. The van der Waals surface area contributed by atoms with Crippen molar-refractivity contribution >= 4 is 0 Å². The number of benzene rings is 1. The number of morpholine rings is 1. The lowest BCUT2D eigenvalue weighted by molar-refractivity contribution is 0.0768. The van der Waals surface area contributed by atoms with Crippen LogP contribution in [0.4, 0.5) is 0 Å². The Morgan fingerprint density at radius 2 is 2.50 bits per heavy atom. The number of ether oxygens (including phenoxy) is 1. The van der Waals surface area contributed by atoms with Crippen molar-refractivity contribution < 1.29 is 4.74 Å². The van der Waals surface area contributed by atoms with Crippen LogP contribution in [-0.4, -0.2) is 19.8 Å². The van der Waals surface area contributed by atoms with Gasteiger partial charge in [-0.25, -0.2) is 0 Å². The summed E-state index contributed by atoms with van der Waals surface area (Å²) in [5, 5.41) is 3.38. The lowest BCUT2D eigenvalue weighted by Gasteiger charge is -2.23. The van der Waals surface area contributed by atoms with Crippen LogP contribution < -0.4 is 5.32 Å². The fraction of sp³-hybridized carbons (Fsp3) is 0.400. The Bertz CT molecular complexity index is 229. The summed E-state index contributed by atoms with van der Waals surface area (Å²) in [6.07, 6.45) is 0. The van der Waals surface area contributed by atoms with Gasteiger partial charge in [-0.05, 0) is 11.6 Å². The molecule has 0 amide bonds. The Kier molecular flexibility index (Phi) is 2.39. The number of hydrogen-bond acceptors (Lipinski definition) is 2. The molecule has 1 saturated heterocycles.